The second-order valence-electron chi connectivity index (χ2n) is 3.41. The number of hydrogen-bond acceptors (Lipinski definition) is 6. The molecule has 0 bridgehead atoms. The van der Waals surface area contributed by atoms with Crippen LogP contribution in [0.25, 0.3) is 6.08 Å². The lowest BCUT2D eigenvalue weighted by atomic mass is 10.3. The molecule has 1 aliphatic heterocycles. The molecule has 0 spiro atoms. The van der Waals surface area contributed by atoms with E-state index in [0.717, 1.165) is 0 Å². The van der Waals surface area contributed by atoms with Gasteiger partial charge in [-0.25, -0.2) is 0 Å². The van der Waals surface area contributed by atoms with Gasteiger partial charge in [-0.1, -0.05) is 6.08 Å². The summed E-state index contributed by atoms with van der Waals surface area (Å²) in [5, 5.41) is 13.5. The minimum absolute atomic E-state index is 0.222. The molecule has 19 heavy (non-hydrogen) atoms. The van der Waals surface area contributed by atoms with Crippen molar-refractivity contribution in [1.82, 2.24) is 5.32 Å². The number of hydrogen-bond donors (Lipinski definition) is 1. The van der Waals surface area contributed by atoms with E-state index in [0.29, 0.717) is 15.8 Å². The van der Waals surface area contributed by atoms with Crippen molar-refractivity contribution in [3.63, 3.8) is 0 Å². The van der Waals surface area contributed by atoms with E-state index in [4.69, 9.17) is 4.42 Å². The molecule has 1 amide bonds. The van der Waals surface area contributed by atoms with Crippen molar-refractivity contribution in [2.75, 3.05) is 7.05 Å². The number of nitro groups is 1. The van der Waals surface area contributed by atoms with Crippen molar-refractivity contribution in [2.45, 2.75) is 0 Å². The van der Waals surface area contributed by atoms with Crippen LogP contribution < -0.4 is 5.32 Å². The summed E-state index contributed by atoms with van der Waals surface area (Å²) in [7, 11) is 1.59. The molecule has 7 nitrogen and oxygen atoms in total. The Morgan fingerprint density at radius 2 is 2.32 bits per heavy atom. The Kier molecular flexibility index (Phi) is 3.81. The van der Waals surface area contributed by atoms with E-state index in [1.807, 2.05) is 0 Å². The highest BCUT2D eigenvalue weighted by Crippen LogP contribution is 2.23. The Morgan fingerprint density at radius 1 is 1.53 bits per heavy atom. The standard InChI is InChI=1S/C11H9N3O4S/c1-12-11-13-10(15)8(19-11)4-2-3-7-5-6-9(18-7)14(16)17/h2-6H,1H3,(H,12,13,15)/b3-2-,8-4+. The zero-order valence-corrected chi connectivity index (χ0v) is 10.6. The zero-order valence-electron chi connectivity index (χ0n) is 9.82. The lowest BCUT2D eigenvalue weighted by Crippen LogP contribution is -2.19. The Morgan fingerprint density at radius 3 is 2.89 bits per heavy atom. The molecule has 0 saturated carbocycles. The normalized spacial score (nSPS) is 19.5. The predicted molar refractivity (Wildman–Crippen MR) is 71.6 cm³/mol. The van der Waals surface area contributed by atoms with Crippen molar-refractivity contribution in [3.8, 4) is 0 Å². The van der Waals surface area contributed by atoms with Crippen LogP contribution >= 0.6 is 11.8 Å². The number of allylic oxidation sites excluding steroid dienone is 2. The second kappa shape index (κ2) is 5.53. The highest BCUT2D eigenvalue weighted by Gasteiger charge is 2.22. The number of amidine groups is 1. The summed E-state index contributed by atoms with van der Waals surface area (Å²) in [6, 6.07) is 2.75. The average Bonchev–Trinajstić information content (AvgIpc) is 2.97. The minimum Gasteiger partial charge on any atom is -0.401 e. The number of rotatable bonds is 3. The van der Waals surface area contributed by atoms with Crippen molar-refractivity contribution >= 4 is 34.8 Å². The Bertz CT molecular complexity index is 615. The summed E-state index contributed by atoms with van der Waals surface area (Å²) in [4.78, 5) is 25.6. The topological polar surface area (TPSA) is 97.7 Å². The fourth-order valence-corrected chi connectivity index (χ4v) is 2.04. The first-order valence-corrected chi connectivity index (χ1v) is 6.00. The largest absolute Gasteiger partial charge is 0.433 e. The summed E-state index contributed by atoms with van der Waals surface area (Å²) in [5.74, 6) is -0.197. The first kappa shape index (κ1) is 13.1. The van der Waals surface area contributed by atoms with Crippen LogP contribution in [0.2, 0.25) is 0 Å². The number of furan rings is 1. The van der Waals surface area contributed by atoms with Crippen LogP contribution in [-0.4, -0.2) is 23.0 Å². The van der Waals surface area contributed by atoms with Crippen LogP contribution in [0.1, 0.15) is 5.76 Å². The van der Waals surface area contributed by atoms with Gasteiger partial charge >= 0.3 is 5.88 Å². The van der Waals surface area contributed by atoms with Crippen molar-refractivity contribution < 1.29 is 14.1 Å². The fourth-order valence-electron chi connectivity index (χ4n) is 1.31. The number of carbonyl (C=O) groups is 1. The molecule has 0 unspecified atom stereocenters. The first-order valence-electron chi connectivity index (χ1n) is 5.18. The molecule has 1 fully saturated rings. The molecular weight excluding hydrogens is 270 g/mol. The molecule has 1 aliphatic rings. The Labute approximate surface area is 112 Å². The van der Waals surface area contributed by atoms with Crippen molar-refractivity contribution in [1.29, 1.82) is 0 Å². The van der Waals surface area contributed by atoms with E-state index in [-0.39, 0.29) is 11.8 Å². The van der Waals surface area contributed by atoms with Gasteiger partial charge in [0.1, 0.15) is 10.7 Å². The predicted octanol–water partition coefficient (Wildman–Crippen LogP) is 1.93. The molecule has 1 aromatic heterocycles. The van der Waals surface area contributed by atoms with Gasteiger partial charge in [0.15, 0.2) is 5.17 Å². The molecule has 1 N–H and O–H groups in total. The lowest BCUT2D eigenvalue weighted by molar-refractivity contribution is -0.402. The molecule has 0 aliphatic carbocycles. The van der Waals surface area contributed by atoms with Crippen molar-refractivity contribution in [3.05, 3.63) is 45.1 Å². The summed E-state index contributed by atoms with van der Waals surface area (Å²) < 4.78 is 4.93. The first-order chi connectivity index (χ1) is 9.10. The van der Waals surface area contributed by atoms with Crippen LogP contribution in [0.4, 0.5) is 5.88 Å². The smallest absolute Gasteiger partial charge is 0.401 e. The van der Waals surface area contributed by atoms with Crippen LogP contribution in [0.15, 0.2) is 38.6 Å². The van der Waals surface area contributed by atoms with Crippen molar-refractivity contribution in [2.24, 2.45) is 4.99 Å². The molecule has 8 heteroatoms. The molecule has 0 aromatic carbocycles. The summed E-state index contributed by atoms with van der Waals surface area (Å²) in [5.41, 5.74) is 0. The van der Waals surface area contributed by atoms with Gasteiger partial charge < -0.3 is 9.73 Å². The van der Waals surface area contributed by atoms with Crippen LogP contribution in [0.3, 0.4) is 0 Å². The van der Waals surface area contributed by atoms with Gasteiger partial charge in [-0.15, -0.1) is 0 Å². The third kappa shape index (κ3) is 3.10. The number of nitrogens with zero attached hydrogens (tertiary/aromatic N) is 2. The molecule has 1 saturated heterocycles. The van der Waals surface area contributed by atoms with Gasteiger partial charge in [0, 0.05) is 7.05 Å². The average molecular weight is 279 g/mol. The van der Waals surface area contributed by atoms with Gasteiger partial charge in [0.25, 0.3) is 5.91 Å². The zero-order chi connectivity index (χ0) is 13.8. The quantitative estimate of drug-likeness (QED) is 0.518. The Hall–Kier alpha value is -2.35. The van der Waals surface area contributed by atoms with Gasteiger partial charge in [-0.05, 0) is 30.0 Å². The van der Waals surface area contributed by atoms with E-state index in [9.17, 15) is 14.9 Å². The van der Waals surface area contributed by atoms with Gasteiger partial charge in [-0.2, -0.15) is 0 Å². The highest BCUT2D eigenvalue weighted by molar-refractivity contribution is 8.18. The number of carbonyl (C=O) groups excluding carboxylic acids is 1. The van der Waals surface area contributed by atoms with Gasteiger partial charge in [0.2, 0.25) is 0 Å². The van der Waals surface area contributed by atoms with Gasteiger partial charge in [0.05, 0.1) is 11.0 Å². The van der Waals surface area contributed by atoms with E-state index in [2.05, 4.69) is 10.3 Å². The highest BCUT2D eigenvalue weighted by atomic mass is 32.2. The number of amides is 1. The molecule has 0 atom stereocenters. The molecule has 2 heterocycles. The second-order valence-corrected chi connectivity index (χ2v) is 4.44. The molecule has 0 radical (unpaired) electrons. The maximum atomic E-state index is 11.5. The van der Waals surface area contributed by atoms with Crippen LogP contribution in [0, 0.1) is 10.1 Å². The third-order valence-electron chi connectivity index (χ3n) is 2.15. The SMILES string of the molecule is CN=C1NC(=O)/C(=C\C=C/c2ccc([N+](=O)[O-])o2)S1. The van der Waals surface area contributed by atoms with E-state index >= 15 is 0 Å². The molecule has 98 valence electrons. The van der Waals surface area contributed by atoms with Crippen LogP contribution in [0.5, 0.6) is 0 Å². The van der Waals surface area contributed by atoms with E-state index in [1.165, 1.54) is 30.0 Å². The molecular formula is C11H9N3O4S. The van der Waals surface area contributed by atoms with E-state index in [1.54, 1.807) is 19.2 Å². The van der Waals surface area contributed by atoms with Crippen LogP contribution in [-0.2, 0) is 4.79 Å². The maximum Gasteiger partial charge on any atom is 0.433 e. The summed E-state index contributed by atoms with van der Waals surface area (Å²) in [6.45, 7) is 0. The summed E-state index contributed by atoms with van der Waals surface area (Å²) in [6.07, 6.45) is 4.71. The third-order valence-corrected chi connectivity index (χ3v) is 3.17. The fraction of sp³-hybridized carbons (Fsp3) is 0.0909. The summed E-state index contributed by atoms with van der Waals surface area (Å²) >= 11 is 1.22. The number of aliphatic imine (C=N–C) groups is 1. The van der Waals surface area contributed by atoms with E-state index < -0.39 is 4.92 Å². The maximum absolute atomic E-state index is 11.5. The monoisotopic (exact) mass is 279 g/mol. The lowest BCUT2D eigenvalue weighted by Gasteiger charge is -1.86. The van der Waals surface area contributed by atoms with Gasteiger partial charge in [-0.3, -0.25) is 19.9 Å². The Balaban J connectivity index is 2.07. The number of thioether (sulfide) groups is 1. The molecule has 2 rings (SSSR count). The minimum atomic E-state index is -0.611. The number of nitrogens with one attached hydrogen (secondary N) is 1. The molecule has 1 aromatic rings.